The predicted molar refractivity (Wildman–Crippen MR) is 78.6 cm³/mol. The summed E-state index contributed by atoms with van der Waals surface area (Å²) in [5.74, 6) is -1.06. The quantitative estimate of drug-likeness (QED) is 0.943. The van der Waals surface area contributed by atoms with E-state index in [0.29, 0.717) is 5.69 Å². The molecule has 0 aliphatic carbocycles. The van der Waals surface area contributed by atoms with Gasteiger partial charge in [-0.05, 0) is 32.9 Å². The number of alkyl halides is 2. The third-order valence-corrected chi connectivity index (χ3v) is 3.40. The van der Waals surface area contributed by atoms with Crippen LogP contribution in [-0.2, 0) is 4.79 Å². The number of carbonyl (C=O) groups is 1. The third kappa shape index (κ3) is 3.24. The van der Waals surface area contributed by atoms with Gasteiger partial charge in [-0.15, -0.1) is 0 Å². The third-order valence-electron chi connectivity index (χ3n) is 3.40. The van der Waals surface area contributed by atoms with Crippen LogP contribution in [0.25, 0.3) is 11.3 Å². The van der Waals surface area contributed by atoms with Crippen molar-refractivity contribution >= 4 is 11.7 Å². The minimum Gasteiger partial charge on any atom is -0.306 e. The van der Waals surface area contributed by atoms with Crippen LogP contribution in [0.15, 0.2) is 36.9 Å². The maximum Gasteiger partial charge on any atom is 0.266 e. The van der Waals surface area contributed by atoms with E-state index in [1.807, 2.05) is 0 Å². The molecule has 2 heterocycles. The van der Waals surface area contributed by atoms with E-state index >= 15 is 0 Å². The van der Waals surface area contributed by atoms with Gasteiger partial charge in [-0.1, -0.05) is 0 Å². The summed E-state index contributed by atoms with van der Waals surface area (Å²) in [6, 6.07) is 3.44. The van der Waals surface area contributed by atoms with Crippen LogP contribution in [0.3, 0.4) is 0 Å². The molecule has 1 N–H and O–H groups in total. The Hall–Kier alpha value is -2.44. The molecular weight excluding hydrogens is 290 g/mol. The number of amides is 1. The van der Waals surface area contributed by atoms with Gasteiger partial charge in [-0.3, -0.25) is 14.8 Å². The summed E-state index contributed by atoms with van der Waals surface area (Å²) >= 11 is 0. The van der Waals surface area contributed by atoms with E-state index in [1.54, 1.807) is 24.5 Å². The van der Waals surface area contributed by atoms with Crippen molar-refractivity contribution in [1.29, 1.82) is 0 Å². The number of pyridine rings is 1. The second-order valence-electron chi connectivity index (χ2n) is 5.45. The van der Waals surface area contributed by atoms with Crippen LogP contribution in [0.5, 0.6) is 0 Å². The normalized spacial score (nSPS) is 14.2. The fraction of sp³-hybridized carbons (Fsp3) is 0.333. The molecular formula is C15H16F2N4O. The molecule has 7 heteroatoms. The zero-order chi connectivity index (χ0) is 16.4. The summed E-state index contributed by atoms with van der Waals surface area (Å²) in [7, 11) is 0. The Morgan fingerprint density at radius 1 is 1.09 bits per heavy atom. The van der Waals surface area contributed by atoms with E-state index in [-0.39, 0.29) is 5.82 Å². The number of hydrogen-bond donors (Lipinski definition) is 1. The van der Waals surface area contributed by atoms with E-state index in [2.05, 4.69) is 20.3 Å². The minimum atomic E-state index is -2.69. The molecule has 0 aromatic carbocycles. The highest BCUT2D eigenvalue weighted by atomic mass is 19.2. The zero-order valence-electron chi connectivity index (χ0n) is 12.5. The molecule has 0 spiro atoms. The Labute approximate surface area is 126 Å². The van der Waals surface area contributed by atoms with Crippen molar-refractivity contribution < 1.29 is 13.6 Å². The highest BCUT2D eigenvalue weighted by Crippen LogP contribution is 2.31. The fourth-order valence-corrected chi connectivity index (χ4v) is 1.59. The lowest BCUT2D eigenvalue weighted by atomic mass is 9.90. The van der Waals surface area contributed by atoms with Crippen LogP contribution in [0.4, 0.5) is 14.6 Å². The highest BCUT2D eigenvalue weighted by Gasteiger charge is 2.49. The number of anilines is 1. The first kappa shape index (κ1) is 15.9. The number of aromatic nitrogens is 3. The van der Waals surface area contributed by atoms with E-state index < -0.39 is 17.2 Å². The number of carbonyl (C=O) groups excluding carboxylic acids is 1. The Kier molecular flexibility index (Phi) is 4.16. The summed E-state index contributed by atoms with van der Waals surface area (Å²) in [6.07, 6.45) is 5.95. The number of halogens is 2. The number of nitrogens with zero attached hydrogens (tertiary/aromatic N) is 3. The lowest BCUT2D eigenvalue weighted by molar-refractivity contribution is -0.135. The first-order valence-corrected chi connectivity index (χ1v) is 6.63. The molecule has 2 rings (SSSR count). The van der Waals surface area contributed by atoms with E-state index in [0.717, 1.165) is 26.3 Å². The molecule has 5 nitrogen and oxygen atoms in total. The van der Waals surface area contributed by atoms with Gasteiger partial charge in [0.25, 0.3) is 5.91 Å². The molecule has 1 unspecified atom stereocenters. The van der Waals surface area contributed by atoms with Crippen LogP contribution in [0, 0.1) is 0 Å². The molecule has 22 heavy (non-hydrogen) atoms. The Bertz CT molecular complexity index is 669. The van der Waals surface area contributed by atoms with Crippen molar-refractivity contribution in [2.24, 2.45) is 0 Å². The summed E-state index contributed by atoms with van der Waals surface area (Å²) in [6.45, 7) is 2.90. The average molecular weight is 306 g/mol. The molecule has 0 saturated heterocycles. The Balaban J connectivity index is 2.23. The lowest BCUT2D eigenvalue weighted by Gasteiger charge is -2.29. The number of hydrogen-bond acceptors (Lipinski definition) is 4. The topological polar surface area (TPSA) is 67.8 Å². The van der Waals surface area contributed by atoms with Crippen molar-refractivity contribution in [2.75, 3.05) is 5.32 Å². The average Bonchev–Trinajstić information content (AvgIpc) is 2.47. The monoisotopic (exact) mass is 306 g/mol. The van der Waals surface area contributed by atoms with Crippen molar-refractivity contribution in [3.05, 3.63) is 36.9 Å². The molecule has 2 aromatic rings. The summed E-state index contributed by atoms with van der Waals surface area (Å²) in [5, 5.41) is 2.26. The van der Waals surface area contributed by atoms with E-state index in [4.69, 9.17) is 0 Å². The first-order valence-electron chi connectivity index (χ1n) is 6.63. The van der Waals surface area contributed by atoms with Crippen molar-refractivity contribution in [2.45, 2.75) is 32.1 Å². The van der Waals surface area contributed by atoms with Crippen LogP contribution in [0.1, 0.15) is 20.8 Å². The van der Waals surface area contributed by atoms with Gasteiger partial charge in [0.15, 0.2) is 5.82 Å². The summed E-state index contributed by atoms with van der Waals surface area (Å²) in [5.41, 5.74) is -3.79. The zero-order valence-corrected chi connectivity index (χ0v) is 12.5. The second-order valence-corrected chi connectivity index (χ2v) is 5.45. The summed E-state index contributed by atoms with van der Waals surface area (Å²) in [4.78, 5) is 23.9. The van der Waals surface area contributed by atoms with Gasteiger partial charge in [0.1, 0.15) is 5.67 Å². The van der Waals surface area contributed by atoms with E-state index in [1.165, 1.54) is 12.4 Å². The molecule has 0 fully saturated rings. The van der Waals surface area contributed by atoms with Crippen LogP contribution < -0.4 is 5.32 Å². The maximum atomic E-state index is 14.3. The summed E-state index contributed by atoms with van der Waals surface area (Å²) < 4.78 is 28.0. The molecule has 116 valence electrons. The van der Waals surface area contributed by atoms with Gasteiger partial charge in [0.05, 0.1) is 18.1 Å². The van der Waals surface area contributed by atoms with Crippen molar-refractivity contribution in [3.63, 3.8) is 0 Å². The van der Waals surface area contributed by atoms with E-state index in [9.17, 15) is 13.6 Å². The predicted octanol–water partition coefficient (Wildman–Crippen LogP) is 2.95. The van der Waals surface area contributed by atoms with Crippen molar-refractivity contribution in [1.82, 2.24) is 15.0 Å². The maximum absolute atomic E-state index is 14.3. The smallest absolute Gasteiger partial charge is 0.266 e. The van der Waals surface area contributed by atoms with Gasteiger partial charge >= 0.3 is 0 Å². The fourth-order valence-electron chi connectivity index (χ4n) is 1.59. The Morgan fingerprint density at radius 2 is 1.73 bits per heavy atom. The lowest BCUT2D eigenvalue weighted by Crippen LogP contribution is -2.50. The molecule has 0 bridgehead atoms. The molecule has 1 amide bonds. The number of rotatable bonds is 4. The molecule has 0 aliphatic heterocycles. The van der Waals surface area contributed by atoms with Gasteiger partial charge in [-0.25, -0.2) is 13.8 Å². The number of nitrogens with one attached hydrogen (secondary N) is 1. The molecule has 2 aromatic heterocycles. The molecule has 0 radical (unpaired) electrons. The molecule has 0 aliphatic rings. The molecule has 0 saturated carbocycles. The minimum absolute atomic E-state index is 0.0486. The second kappa shape index (κ2) is 5.75. The van der Waals surface area contributed by atoms with Crippen LogP contribution in [-0.4, -0.2) is 32.2 Å². The van der Waals surface area contributed by atoms with Crippen LogP contribution >= 0.6 is 0 Å². The van der Waals surface area contributed by atoms with Crippen molar-refractivity contribution in [3.8, 4) is 11.3 Å². The molecule has 1 atom stereocenters. The first-order chi connectivity index (χ1) is 10.2. The van der Waals surface area contributed by atoms with Gasteiger partial charge in [0.2, 0.25) is 5.67 Å². The van der Waals surface area contributed by atoms with Gasteiger partial charge in [0, 0.05) is 18.0 Å². The standard InChI is InChI=1S/C15H16F2N4O/c1-14(2,16)15(3,17)13(22)21-12-9-19-8-11(20-12)10-4-6-18-7-5-10/h4-9H,1-3H3,(H,20,21,22). The highest BCUT2D eigenvalue weighted by molar-refractivity contribution is 5.97. The van der Waals surface area contributed by atoms with Gasteiger partial charge < -0.3 is 5.32 Å². The van der Waals surface area contributed by atoms with Crippen LogP contribution in [0.2, 0.25) is 0 Å². The Morgan fingerprint density at radius 3 is 2.32 bits per heavy atom. The SMILES string of the molecule is CC(C)(F)C(C)(F)C(=O)Nc1cncc(-c2ccncc2)n1. The van der Waals surface area contributed by atoms with Gasteiger partial charge in [-0.2, -0.15) is 0 Å². The largest absolute Gasteiger partial charge is 0.306 e.